The van der Waals surface area contributed by atoms with Gasteiger partial charge in [-0.15, -0.1) is 0 Å². The highest BCUT2D eigenvalue weighted by Gasteiger charge is 2.21. The van der Waals surface area contributed by atoms with Crippen LogP contribution in [-0.2, 0) is 0 Å². The van der Waals surface area contributed by atoms with Crippen LogP contribution in [0.4, 0.5) is 0 Å². The maximum absolute atomic E-state index is 11.3. The number of nitrogens with two attached hydrogens (primary N) is 1. The largest absolute Gasteiger partial charge is 0.326 e. The van der Waals surface area contributed by atoms with Gasteiger partial charge in [0.2, 0.25) is 0 Å². The first-order chi connectivity index (χ1) is 9.60. The molecule has 2 aromatic rings. The van der Waals surface area contributed by atoms with Crippen LogP contribution in [0.5, 0.6) is 0 Å². The number of halogens is 1. The summed E-state index contributed by atoms with van der Waals surface area (Å²) < 4.78 is 1.03. The van der Waals surface area contributed by atoms with Crippen molar-refractivity contribution >= 4 is 27.7 Å². The van der Waals surface area contributed by atoms with E-state index in [2.05, 4.69) is 32.8 Å². The first kappa shape index (κ1) is 15.3. The van der Waals surface area contributed by atoms with Crippen molar-refractivity contribution in [1.29, 1.82) is 0 Å². The zero-order valence-corrected chi connectivity index (χ0v) is 13.4. The number of aromatic nitrogens is 2. The third-order valence-corrected chi connectivity index (χ3v) is 4.78. The van der Waals surface area contributed by atoms with Crippen molar-refractivity contribution in [3.05, 3.63) is 56.9 Å². The van der Waals surface area contributed by atoms with E-state index >= 15 is 0 Å². The average molecular weight is 354 g/mol. The Hall–Kier alpha value is -1.11. The second-order valence-electron chi connectivity index (χ2n) is 4.40. The summed E-state index contributed by atoms with van der Waals surface area (Å²) in [5.74, 6) is 0. The number of nitrogens with zero attached hydrogens (tertiary/aromatic N) is 1. The van der Waals surface area contributed by atoms with E-state index in [1.165, 1.54) is 24.0 Å². The molecule has 0 fully saturated rings. The molecule has 20 heavy (non-hydrogen) atoms. The number of benzene rings is 1. The molecule has 0 amide bonds. The number of thioether (sulfide) groups is 1. The lowest BCUT2D eigenvalue weighted by atomic mass is 10.0. The third kappa shape index (κ3) is 3.94. The van der Waals surface area contributed by atoms with Crippen LogP contribution in [-0.4, -0.2) is 16.0 Å². The number of H-pyrrole nitrogens is 1. The van der Waals surface area contributed by atoms with Crippen molar-refractivity contribution in [1.82, 2.24) is 9.97 Å². The molecule has 1 heterocycles. The van der Waals surface area contributed by atoms with Crippen molar-refractivity contribution in [2.75, 3.05) is 0 Å². The molecule has 0 aliphatic heterocycles. The Bertz CT molecular complexity index is 614. The van der Waals surface area contributed by atoms with Crippen molar-refractivity contribution in [3.8, 4) is 0 Å². The van der Waals surface area contributed by atoms with Crippen molar-refractivity contribution in [2.45, 2.75) is 29.8 Å². The molecule has 3 N–H and O–H groups in total. The van der Waals surface area contributed by atoms with E-state index in [1.807, 2.05) is 24.3 Å². The highest BCUT2D eigenvalue weighted by atomic mass is 79.9. The van der Waals surface area contributed by atoms with Gasteiger partial charge in [-0.2, -0.15) is 0 Å². The molecule has 2 unspecified atom stereocenters. The van der Waals surface area contributed by atoms with Crippen LogP contribution in [0.2, 0.25) is 0 Å². The smallest absolute Gasteiger partial charge is 0.251 e. The number of aromatic amines is 1. The van der Waals surface area contributed by atoms with Gasteiger partial charge in [-0.05, 0) is 24.1 Å². The first-order valence-corrected chi connectivity index (χ1v) is 8.00. The van der Waals surface area contributed by atoms with Gasteiger partial charge in [0.15, 0.2) is 5.16 Å². The Morgan fingerprint density at radius 3 is 2.65 bits per heavy atom. The molecule has 0 saturated carbocycles. The van der Waals surface area contributed by atoms with Crippen LogP contribution in [0.3, 0.4) is 0 Å². The SMILES string of the molecule is CCC(N)C(Sc1nccc(=O)[nH]1)c1ccc(Br)cc1. The summed E-state index contributed by atoms with van der Waals surface area (Å²) in [6, 6.07) is 9.46. The molecule has 2 atom stereocenters. The molecule has 6 heteroatoms. The Morgan fingerprint density at radius 2 is 2.05 bits per heavy atom. The second kappa shape index (κ2) is 7.06. The topological polar surface area (TPSA) is 71.8 Å². The zero-order chi connectivity index (χ0) is 14.5. The average Bonchev–Trinajstić information content (AvgIpc) is 2.45. The van der Waals surface area contributed by atoms with Gasteiger partial charge in [-0.1, -0.05) is 46.7 Å². The lowest BCUT2D eigenvalue weighted by Gasteiger charge is -2.22. The van der Waals surface area contributed by atoms with E-state index in [4.69, 9.17) is 5.73 Å². The van der Waals surface area contributed by atoms with Gasteiger partial charge in [0.25, 0.3) is 5.56 Å². The molecule has 1 aromatic carbocycles. The van der Waals surface area contributed by atoms with Crippen molar-refractivity contribution in [3.63, 3.8) is 0 Å². The van der Waals surface area contributed by atoms with Gasteiger partial charge in [-0.25, -0.2) is 4.98 Å². The fourth-order valence-electron chi connectivity index (χ4n) is 1.80. The molecule has 2 rings (SSSR count). The summed E-state index contributed by atoms with van der Waals surface area (Å²) in [5.41, 5.74) is 7.19. The van der Waals surface area contributed by atoms with E-state index in [1.54, 1.807) is 0 Å². The predicted octanol–water partition coefficient (Wildman–Crippen LogP) is 3.10. The van der Waals surface area contributed by atoms with Crippen molar-refractivity contribution in [2.24, 2.45) is 5.73 Å². The van der Waals surface area contributed by atoms with Gasteiger partial charge >= 0.3 is 0 Å². The van der Waals surface area contributed by atoms with Crippen LogP contribution >= 0.6 is 27.7 Å². The summed E-state index contributed by atoms with van der Waals surface area (Å²) in [4.78, 5) is 18.3. The fourth-order valence-corrected chi connectivity index (χ4v) is 3.25. The molecule has 106 valence electrons. The number of hydrogen-bond donors (Lipinski definition) is 2. The first-order valence-electron chi connectivity index (χ1n) is 6.33. The molecule has 0 aliphatic rings. The van der Waals surface area contributed by atoms with Gasteiger partial charge < -0.3 is 10.7 Å². The second-order valence-corrected chi connectivity index (χ2v) is 6.45. The summed E-state index contributed by atoms with van der Waals surface area (Å²) in [6.45, 7) is 2.05. The Balaban J connectivity index is 2.28. The quantitative estimate of drug-likeness (QED) is 0.639. The number of rotatable bonds is 5. The fraction of sp³-hybridized carbons (Fsp3) is 0.286. The Morgan fingerprint density at radius 1 is 1.35 bits per heavy atom. The minimum Gasteiger partial charge on any atom is -0.326 e. The molecule has 1 aromatic heterocycles. The van der Waals surface area contributed by atoms with Crippen LogP contribution in [0.25, 0.3) is 0 Å². The molecule has 0 saturated heterocycles. The summed E-state index contributed by atoms with van der Waals surface area (Å²) in [5, 5.41) is 0.646. The van der Waals surface area contributed by atoms with Gasteiger partial charge in [0.1, 0.15) is 0 Å². The summed E-state index contributed by atoms with van der Waals surface area (Å²) >= 11 is 4.91. The minimum absolute atomic E-state index is 0.00770. The monoisotopic (exact) mass is 353 g/mol. The highest BCUT2D eigenvalue weighted by molar-refractivity contribution is 9.10. The Labute approximate surface area is 130 Å². The Kier molecular flexibility index (Phi) is 5.39. The van der Waals surface area contributed by atoms with E-state index in [0.29, 0.717) is 5.16 Å². The predicted molar refractivity (Wildman–Crippen MR) is 85.9 cm³/mol. The zero-order valence-electron chi connectivity index (χ0n) is 11.0. The van der Waals surface area contributed by atoms with E-state index in [-0.39, 0.29) is 16.9 Å². The van der Waals surface area contributed by atoms with Crippen LogP contribution in [0.15, 0.2) is 51.0 Å². The minimum atomic E-state index is -0.151. The molecular weight excluding hydrogens is 338 g/mol. The molecule has 0 spiro atoms. The molecular formula is C14H16BrN3OS. The molecule has 4 nitrogen and oxygen atoms in total. The van der Waals surface area contributed by atoms with Gasteiger partial charge in [0, 0.05) is 22.8 Å². The standard InChI is InChI=1S/C14H16BrN3OS/c1-2-11(16)13(9-3-5-10(15)6-4-9)20-14-17-8-7-12(19)18-14/h3-8,11,13H,2,16H2,1H3,(H,17,18,19). The summed E-state index contributed by atoms with van der Waals surface area (Å²) in [6.07, 6.45) is 2.36. The number of hydrogen-bond acceptors (Lipinski definition) is 4. The maximum Gasteiger partial charge on any atom is 0.251 e. The lowest BCUT2D eigenvalue weighted by Crippen LogP contribution is -2.26. The molecule has 0 aliphatic carbocycles. The number of nitrogens with one attached hydrogen (secondary N) is 1. The van der Waals surface area contributed by atoms with Crippen LogP contribution < -0.4 is 11.3 Å². The van der Waals surface area contributed by atoms with E-state index < -0.39 is 0 Å². The third-order valence-electron chi connectivity index (χ3n) is 2.95. The summed E-state index contributed by atoms with van der Waals surface area (Å²) in [7, 11) is 0. The van der Waals surface area contributed by atoms with Gasteiger partial charge in [-0.3, -0.25) is 4.79 Å². The highest BCUT2D eigenvalue weighted by Crippen LogP contribution is 2.36. The maximum atomic E-state index is 11.3. The molecule has 0 radical (unpaired) electrons. The van der Waals surface area contributed by atoms with Crippen molar-refractivity contribution < 1.29 is 0 Å². The lowest BCUT2D eigenvalue weighted by molar-refractivity contribution is 0.632. The molecule has 0 bridgehead atoms. The van der Waals surface area contributed by atoms with E-state index in [9.17, 15) is 4.79 Å². The van der Waals surface area contributed by atoms with Crippen LogP contribution in [0.1, 0.15) is 24.2 Å². The van der Waals surface area contributed by atoms with Crippen LogP contribution in [0, 0.1) is 0 Å². The normalized spacial score (nSPS) is 13.9. The van der Waals surface area contributed by atoms with E-state index in [0.717, 1.165) is 16.5 Å². The van der Waals surface area contributed by atoms with Gasteiger partial charge in [0.05, 0.1) is 5.25 Å².